The van der Waals surface area contributed by atoms with Gasteiger partial charge in [0, 0.05) is 5.41 Å². The van der Waals surface area contributed by atoms with Gasteiger partial charge in [0.15, 0.2) is 0 Å². The van der Waals surface area contributed by atoms with Crippen molar-refractivity contribution in [3.63, 3.8) is 0 Å². The van der Waals surface area contributed by atoms with E-state index in [2.05, 4.69) is 0 Å². The minimum Gasteiger partial charge on any atom is -0.674 e. The summed E-state index contributed by atoms with van der Waals surface area (Å²) in [5.41, 5.74) is 14.2. The van der Waals surface area contributed by atoms with Crippen LogP contribution < -0.4 is 10.2 Å². The maximum atomic E-state index is 10.2. The molecular weight excluding hydrogens is 467 g/mol. The molecule has 0 aliphatic heterocycles. The summed E-state index contributed by atoms with van der Waals surface area (Å²) in [6.45, 7) is 0. The molecule has 3 saturated carbocycles. The van der Waals surface area contributed by atoms with Crippen molar-refractivity contribution in [3.05, 3.63) is 11.5 Å². The summed E-state index contributed by atoms with van der Waals surface area (Å²) in [5, 5.41) is 20.4. The molecule has 126 valence electrons. The van der Waals surface area contributed by atoms with Gasteiger partial charge >= 0.3 is 21.1 Å². The van der Waals surface area contributed by atoms with Gasteiger partial charge in [0.05, 0.1) is 11.9 Å². The van der Waals surface area contributed by atoms with Crippen LogP contribution in [0.1, 0.15) is 57.8 Å². The number of rotatable bonds is 2. The largest absolute Gasteiger partial charge is 4.00 e. The van der Waals surface area contributed by atoms with Gasteiger partial charge in [-0.05, 0) is 12.8 Å². The summed E-state index contributed by atoms with van der Waals surface area (Å²) >= 11 is 0. The van der Waals surface area contributed by atoms with Crippen LogP contribution in [0.25, 0.3) is 11.5 Å². The minimum absolute atomic E-state index is 0. The molecule has 0 aromatic heterocycles. The third-order valence-corrected chi connectivity index (χ3v) is 5.65. The van der Waals surface area contributed by atoms with E-state index in [-0.39, 0.29) is 51.4 Å². The molecule has 0 unspecified atom stereocenters. The van der Waals surface area contributed by atoms with E-state index in [1.165, 1.54) is 12.8 Å². The average molecular weight is 489 g/mol. The van der Waals surface area contributed by atoms with E-state index < -0.39 is 17.4 Å². The summed E-state index contributed by atoms with van der Waals surface area (Å²) in [7, 11) is 0. The predicted molar refractivity (Wildman–Crippen MR) is 72.7 cm³/mol. The van der Waals surface area contributed by atoms with Crippen LogP contribution in [0.15, 0.2) is 0 Å². The number of aliphatic carboxylic acids is 2. The topological polar surface area (TPSA) is 128 Å². The number of carboxylic acid groups (broad SMARTS) is 2. The Labute approximate surface area is 145 Å². The van der Waals surface area contributed by atoms with E-state index in [0.717, 1.165) is 25.7 Å². The van der Waals surface area contributed by atoms with Gasteiger partial charge in [0.1, 0.15) is 0 Å². The quantitative estimate of drug-likeness (QED) is 0.533. The number of carbonyl (C=O) groups excluding carboxylic acids is 2. The van der Waals surface area contributed by atoms with E-state index in [9.17, 15) is 19.8 Å². The summed E-state index contributed by atoms with van der Waals surface area (Å²) in [6.07, 6.45) is 7.75. The van der Waals surface area contributed by atoms with E-state index in [1.54, 1.807) is 0 Å². The predicted octanol–water partition coefficient (Wildman–Crippen LogP) is 0.836. The van der Waals surface area contributed by atoms with Crippen LogP contribution in [-0.2, 0) is 30.7 Å². The zero-order valence-electron chi connectivity index (χ0n) is 12.5. The summed E-state index contributed by atoms with van der Waals surface area (Å²) in [4.78, 5) is 20.4. The molecule has 3 rings (SSSR count). The van der Waals surface area contributed by atoms with Crippen LogP contribution in [0.4, 0.5) is 0 Å². The van der Waals surface area contributed by atoms with Gasteiger partial charge in [0.2, 0.25) is 0 Å². The van der Waals surface area contributed by atoms with E-state index in [1.807, 2.05) is 0 Å². The standard InChI is InChI=1S/C9H16N2.C6H8O4.Pt/c10-7-3-1-5-9(7)6-2-4-8(9)11;7-4(8)6(5(9)10)2-1-3-6;/h7-8,10-11H,1-6H2;1-3H2,(H,7,8)(H,9,10);/q-2;;+4/p-2/t7-,8-,9?;;/m0../s1. The Morgan fingerprint density at radius 1 is 0.818 bits per heavy atom. The monoisotopic (exact) mass is 489 g/mol. The van der Waals surface area contributed by atoms with Crippen LogP contribution >= 0.6 is 0 Å². The number of carbonyl (C=O) groups is 2. The first kappa shape index (κ1) is 19.6. The summed E-state index contributed by atoms with van der Waals surface area (Å²) in [5.74, 6) is -3.03. The van der Waals surface area contributed by atoms with Crippen molar-refractivity contribution in [2.24, 2.45) is 10.8 Å². The molecule has 0 amide bonds. The molecule has 0 heterocycles. The average Bonchev–Trinajstić information content (AvgIpc) is 2.87. The first-order chi connectivity index (χ1) is 9.85. The Morgan fingerprint density at radius 3 is 1.36 bits per heavy atom. The summed E-state index contributed by atoms with van der Waals surface area (Å²) < 4.78 is 0. The second-order valence-electron chi connectivity index (χ2n) is 6.63. The zero-order chi connectivity index (χ0) is 15.7. The maximum Gasteiger partial charge on any atom is 4.00 e. The molecule has 0 bridgehead atoms. The Bertz CT molecular complexity index is 392. The number of hydrogen-bond donors (Lipinski definition) is 0. The fourth-order valence-corrected chi connectivity index (χ4v) is 3.93. The smallest absolute Gasteiger partial charge is 0.674 e. The van der Waals surface area contributed by atoms with Crippen LogP contribution in [0.2, 0.25) is 0 Å². The van der Waals surface area contributed by atoms with Crippen LogP contribution in [0.5, 0.6) is 0 Å². The van der Waals surface area contributed by atoms with Gasteiger partial charge in [-0.2, -0.15) is 0 Å². The van der Waals surface area contributed by atoms with Gasteiger partial charge < -0.3 is 31.3 Å². The Hall–Kier alpha value is -0.452. The minimum atomic E-state index is -1.67. The molecule has 0 aromatic rings. The number of hydrogen-bond acceptors (Lipinski definition) is 4. The van der Waals surface area contributed by atoms with E-state index in [4.69, 9.17) is 11.5 Å². The van der Waals surface area contributed by atoms with Crippen LogP contribution in [-0.4, -0.2) is 24.0 Å². The molecule has 2 atom stereocenters. The molecule has 7 heteroatoms. The summed E-state index contributed by atoms with van der Waals surface area (Å²) in [6, 6.07) is 0.181. The van der Waals surface area contributed by atoms with Crippen LogP contribution in [0, 0.1) is 10.8 Å². The second kappa shape index (κ2) is 7.41. The van der Waals surface area contributed by atoms with Crippen LogP contribution in [0.3, 0.4) is 0 Å². The number of nitrogens with one attached hydrogen (secondary N) is 2. The maximum absolute atomic E-state index is 10.2. The Kier molecular flexibility index (Phi) is 6.60. The first-order valence-corrected chi connectivity index (χ1v) is 7.70. The first-order valence-electron chi connectivity index (χ1n) is 7.70. The van der Waals surface area contributed by atoms with Crippen molar-refractivity contribution in [2.45, 2.75) is 69.9 Å². The molecule has 1 spiro atoms. The molecule has 6 nitrogen and oxygen atoms in total. The van der Waals surface area contributed by atoms with Gasteiger partial charge in [-0.25, -0.2) is 0 Å². The fourth-order valence-electron chi connectivity index (χ4n) is 3.93. The molecule has 22 heavy (non-hydrogen) atoms. The normalized spacial score (nSPS) is 30.6. The molecule has 3 aliphatic rings. The SMILES string of the molecule is O=C([O-])C1(C(=O)[O-])CCC1.[NH-][C@H]1CCCC12CCC[C@@H]2[NH-].[Pt+4]. The third kappa shape index (κ3) is 3.24. The van der Waals surface area contributed by atoms with Crippen molar-refractivity contribution in [2.75, 3.05) is 0 Å². The van der Waals surface area contributed by atoms with Gasteiger partial charge in [-0.3, -0.25) is 0 Å². The number of carboxylic acids is 2. The second-order valence-corrected chi connectivity index (χ2v) is 6.63. The van der Waals surface area contributed by atoms with E-state index in [0.29, 0.717) is 6.42 Å². The molecule has 0 radical (unpaired) electrons. The molecule has 2 N–H and O–H groups in total. The zero-order valence-corrected chi connectivity index (χ0v) is 14.7. The van der Waals surface area contributed by atoms with E-state index >= 15 is 0 Å². The molecule has 3 aliphatic carbocycles. The molecule has 0 aromatic carbocycles. The Morgan fingerprint density at radius 2 is 1.23 bits per heavy atom. The Balaban J connectivity index is 0.000000212. The van der Waals surface area contributed by atoms with Crippen molar-refractivity contribution in [1.82, 2.24) is 0 Å². The fraction of sp³-hybridized carbons (Fsp3) is 0.867. The molecule has 3 fully saturated rings. The van der Waals surface area contributed by atoms with Crippen molar-refractivity contribution < 1.29 is 40.9 Å². The van der Waals surface area contributed by atoms with Gasteiger partial charge in [-0.1, -0.05) is 50.4 Å². The van der Waals surface area contributed by atoms with Gasteiger partial charge in [-0.15, -0.1) is 12.1 Å². The molecule has 0 saturated heterocycles. The van der Waals surface area contributed by atoms with Crippen molar-refractivity contribution in [3.8, 4) is 0 Å². The molecular formula is C15H22N2O4Pt. The third-order valence-electron chi connectivity index (χ3n) is 5.65. The van der Waals surface area contributed by atoms with Gasteiger partial charge in [0.25, 0.3) is 0 Å². The van der Waals surface area contributed by atoms with Crippen molar-refractivity contribution >= 4 is 11.9 Å². The van der Waals surface area contributed by atoms with Crippen molar-refractivity contribution in [1.29, 1.82) is 0 Å².